The number of para-hydroxylation sites is 2. The van der Waals surface area contributed by atoms with Crippen LogP contribution in [0.5, 0.6) is 0 Å². The Kier molecular flexibility index (Phi) is 6.89. The first kappa shape index (κ1) is 22.7. The van der Waals surface area contributed by atoms with E-state index in [-0.39, 0.29) is 5.15 Å². The summed E-state index contributed by atoms with van der Waals surface area (Å²) in [5.41, 5.74) is 3.15. The molecule has 0 amide bonds. The second kappa shape index (κ2) is 10.0. The van der Waals surface area contributed by atoms with Crippen molar-refractivity contribution in [1.29, 1.82) is 0 Å². The maximum Gasteiger partial charge on any atom is 0.153 e. The molecule has 3 heterocycles. The molecule has 0 aliphatic rings. The smallest absolute Gasteiger partial charge is 0.153 e. The van der Waals surface area contributed by atoms with Gasteiger partial charge in [0.25, 0.3) is 0 Å². The average molecular weight is 496 g/mol. The van der Waals surface area contributed by atoms with Gasteiger partial charge in [0, 0.05) is 28.7 Å². The zero-order valence-corrected chi connectivity index (χ0v) is 19.0. The number of aromatic nitrogens is 4. The number of halogens is 3. The summed E-state index contributed by atoms with van der Waals surface area (Å²) in [6.07, 6.45) is 6.13. The Balaban J connectivity index is 0.000000165. The number of carbonyl (C=O) groups excluding carboxylic acids is 2. The van der Waals surface area contributed by atoms with Gasteiger partial charge in [-0.2, -0.15) is 0 Å². The Hall–Kier alpha value is -3.45. The normalized spacial score (nSPS) is 10.5. The lowest BCUT2D eigenvalue weighted by atomic mass is 10.1. The predicted molar refractivity (Wildman–Crippen MR) is 130 cm³/mol. The fourth-order valence-corrected chi connectivity index (χ4v) is 3.77. The number of hydrogen-bond donors (Lipinski definition) is 0. The first-order chi connectivity index (χ1) is 16.0. The summed E-state index contributed by atoms with van der Waals surface area (Å²) >= 11 is 17.8. The van der Waals surface area contributed by atoms with Gasteiger partial charge in [0.2, 0.25) is 0 Å². The van der Waals surface area contributed by atoms with Crippen molar-refractivity contribution in [2.75, 3.05) is 0 Å². The highest BCUT2D eigenvalue weighted by Crippen LogP contribution is 2.27. The van der Waals surface area contributed by atoms with Crippen LogP contribution in [0.1, 0.15) is 20.7 Å². The summed E-state index contributed by atoms with van der Waals surface area (Å²) < 4.78 is 0. The molecule has 0 fully saturated rings. The molecular formula is C24H13Cl3N4O2. The quantitative estimate of drug-likeness (QED) is 0.209. The number of fused-ring (bicyclic) bond motifs is 2. The molecule has 2 aromatic carbocycles. The maximum atomic E-state index is 11.2. The van der Waals surface area contributed by atoms with Crippen LogP contribution in [-0.2, 0) is 0 Å². The standard InChI is InChI=1S/C14H8ClN3O.C10H5Cl2NO/c15-11-3-1-2-9-6-10(8-19)14(18-13(9)11)12-7-16-4-5-17-12;11-8-3-1-2-6-4-7(5-14)10(12)13-9(6)8/h1-8H;1-5H. The highest BCUT2D eigenvalue weighted by molar-refractivity contribution is 6.36. The molecular weight excluding hydrogens is 483 g/mol. The fourth-order valence-electron chi connectivity index (χ4n) is 3.13. The average Bonchev–Trinajstić information content (AvgIpc) is 2.85. The molecule has 0 radical (unpaired) electrons. The summed E-state index contributed by atoms with van der Waals surface area (Å²) in [6.45, 7) is 0. The maximum absolute atomic E-state index is 11.2. The van der Waals surface area contributed by atoms with Crippen molar-refractivity contribution < 1.29 is 9.59 Å². The van der Waals surface area contributed by atoms with Gasteiger partial charge in [-0.1, -0.05) is 59.1 Å². The van der Waals surface area contributed by atoms with E-state index >= 15 is 0 Å². The van der Waals surface area contributed by atoms with Gasteiger partial charge in [0.05, 0.1) is 32.8 Å². The Labute approximate surface area is 203 Å². The number of aldehydes is 2. The summed E-state index contributed by atoms with van der Waals surface area (Å²) in [4.78, 5) is 38.5. The molecule has 0 N–H and O–H groups in total. The first-order valence-corrected chi connectivity index (χ1v) is 10.7. The van der Waals surface area contributed by atoms with Gasteiger partial charge in [0.15, 0.2) is 12.6 Å². The minimum atomic E-state index is 0.181. The van der Waals surface area contributed by atoms with E-state index in [1.165, 1.54) is 0 Å². The second-order valence-electron chi connectivity index (χ2n) is 6.74. The lowest BCUT2D eigenvalue weighted by molar-refractivity contribution is 0.111. The Morgan fingerprint density at radius 3 is 1.91 bits per heavy atom. The molecule has 5 rings (SSSR count). The minimum absolute atomic E-state index is 0.181. The van der Waals surface area contributed by atoms with Crippen LogP contribution in [0.4, 0.5) is 0 Å². The Morgan fingerprint density at radius 1 is 0.727 bits per heavy atom. The van der Waals surface area contributed by atoms with Crippen molar-refractivity contribution >= 4 is 69.2 Å². The van der Waals surface area contributed by atoms with Crippen molar-refractivity contribution in [3.05, 3.63) is 93.4 Å². The Morgan fingerprint density at radius 2 is 1.33 bits per heavy atom. The summed E-state index contributed by atoms with van der Waals surface area (Å²) in [7, 11) is 0. The molecule has 0 saturated carbocycles. The van der Waals surface area contributed by atoms with Gasteiger partial charge in [0.1, 0.15) is 16.5 Å². The van der Waals surface area contributed by atoms with Crippen LogP contribution in [0.15, 0.2) is 67.1 Å². The van der Waals surface area contributed by atoms with E-state index in [2.05, 4.69) is 19.9 Å². The molecule has 0 spiro atoms. The van der Waals surface area contributed by atoms with Crippen LogP contribution < -0.4 is 0 Å². The fraction of sp³-hybridized carbons (Fsp3) is 0. The molecule has 6 nitrogen and oxygen atoms in total. The highest BCUT2D eigenvalue weighted by atomic mass is 35.5. The van der Waals surface area contributed by atoms with E-state index in [0.29, 0.717) is 49.9 Å². The first-order valence-electron chi connectivity index (χ1n) is 9.52. The molecule has 162 valence electrons. The molecule has 3 aromatic heterocycles. The molecule has 0 atom stereocenters. The van der Waals surface area contributed by atoms with Gasteiger partial charge in [-0.05, 0) is 24.3 Å². The van der Waals surface area contributed by atoms with E-state index in [9.17, 15) is 9.59 Å². The van der Waals surface area contributed by atoms with Crippen LogP contribution in [0.2, 0.25) is 15.2 Å². The monoisotopic (exact) mass is 494 g/mol. The Bertz CT molecular complexity index is 1490. The van der Waals surface area contributed by atoms with E-state index in [1.807, 2.05) is 18.2 Å². The molecule has 33 heavy (non-hydrogen) atoms. The van der Waals surface area contributed by atoms with E-state index < -0.39 is 0 Å². The van der Waals surface area contributed by atoms with Gasteiger partial charge in [-0.15, -0.1) is 0 Å². The van der Waals surface area contributed by atoms with Crippen molar-refractivity contribution in [3.63, 3.8) is 0 Å². The molecule has 0 unspecified atom stereocenters. The van der Waals surface area contributed by atoms with Crippen LogP contribution in [0.3, 0.4) is 0 Å². The molecule has 5 aromatic rings. The molecule has 0 aliphatic heterocycles. The third kappa shape index (κ3) is 4.83. The van der Waals surface area contributed by atoms with Gasteiger partial charge < -0.3 is 0 Å². The highest BCUT2D eigenvalue weighted by Gasteiger charge is 2.11. The number of hydrogen-bond acceptors (Lipinski definition) is 6. The molecule has 0 saturated heterocycles. The van der Waals surface area contributed by atoms with Crippen LogP contribution in [0.25, 0.3) is 33.2 Å². The molecule has 9 heteroatoms. The summed E-state index contributed by atoms with van der Waals surface area (Å²) in [6, 6.07) is 14.2. The lowest BCUT2D eigenvalue weighted by Gasteiger charge is -2.06. The van der Waals surface area contributed by atoms with Crippen molar-refractivity contribution in [3.8, 4) is 11.4 Å². The predicted octanol–water partition coefficient (Wildman–Crippen LogP) is 6.51. The van der Waals surface area contributed by atoms with Gasteiger partial charge >= 0.3 is 0 Å². The van der Waals surface area contributed by atoms with Crippen molar-refractivity contribution in [2.45, 2.75) is 0 Å². The summed E-state index contributed by atoms with van der Waals surface area (Å²) in [5.74, 6) is 0. The van der Waals surface area contributed by atoms with E-state index in [0.717, 1.165) is 17.1 Å². The second-order valence-corrected chi connectivity index (χ2v) is 7.92. The van der Waals surface area contributed by atoms with Crippen LogP contribution in [0, 0.1) is 0 Å². The number of rotatable bonds is 3. The van der Waals surface area contributed by atoms with Crippen molar-refractivity contribution in [1.82, 2.24) is 19.9 Å². The van der Waals surface area contributed by atoms with Crippen molar-refractivity contribution in [2.24, 2.45) is 0 Å². The zero-order chi connectivity index (χ0) is 23.4. The molecule has 0 aliphatic carbocycles. The number of carbonyl (C=O) groups is 2. The lowest BCUT2D eigenvalue weighted by Crippen LogP contribution is -1.96. The number of pyridine rings is 2. The van der Waals surface area contributed by atoms with Gasteiger partial charge in [-0.3, -0.25) is 19.6 Å². The SMILES string of the molecule is O=Cc1cc2cccc(Cl)c2nc1-c1cnccn1.O=Cc1cc2cccc(Cl)c2nc1Cl. The topological polar surface area (TPSA) is 85.7 Å². The largest absolute Gasteiger partial charge is 0.298 e. The van der Waals surface area contributed by atoms with Crippen LogP contribution >= 0.6 is 34.8 Å². The minimum Gasteiger partial charge on any atom is -0.298 e. The molecule has 0 bridgehead atoms. The third-order valence-corrected chi connectivity index (χ3v) is 5.58. The van der Waals surface area contributed by atoms with Gasteiger partial charge in [-0.25, -0.2) is 9.97 Å². The third-order valence-electron chi connectivity index (χ3n) is 4.66. The van der Waals surface area contributed by atoms with E-state index in [4.69, 9.17) is 34.8 Å². The number of nitrogens with zero attached hydrogens (tertiary/aromatic N) is 4. The summed E-state index contributed by atoms with van der Waals surface area (Å²) in [5, 5.41) is 2.88. The van der Waals surface area contributed by atoms with E-state index in [1.54, 1.807) is 48.9 Å². The zero-order valence-electron chi connectivity index (χ0n) is 16.7. The number of benzene rings is 2. The van der Waals surface area contributed by atoms with Crippen LogP contribution in [-0.4, -0.2) is 32.5 Å².